The summed E-state index contributed by atoms with van der Waals surface area (Å²) in [6.07, 6.45) is 0. The minimum Gasteiger partial charge on any atom is -0.394 e. The molecule has 0 heterocycles. The number of aliphatic hydroxyl groups excluding tert-OH is 1. The minimum absolute atomic E-state index is 0.0773. The molecule has 0 atom stereocenters. The quantitative estimate of drug-likeness (QED) is 0.562. The molecule has 11 heavy (non-hydrogen) atoms. The topological polar surface area (TPSA) is 38.7 Å². The van der Waals surface area contributed by atoms with E-state index < -0.39 is 0 Å². The van der Waals surface area contributed by atoms with Crippen LogP contribution in [0.1, 0.15) is 13.8 Å². The second-order valence-corrected chi connectivity index (χ2v) is 2.59. The Kier molecular flexibility index (Phi) is 7.89. The minimum atomic E-state index is 0.0773. The van der Waals surface area contributed by atoms with Crippen molar-refractivity contribution < 1.29 is 14.6 Å². The molecule has 0 aliphatic rings. The molecule has 0 bridgehead atoms. The predicted molar refractivity (Wildman–Crippen MR) is 43.0 cm³/mol. The Morgan fingerprint density at radius 3 is 2.55 bits per heavy atom. The summed E-state index contributed by atoms with van der Waals surface area (Å²) < 4.78 is 10.1. The van der Waals surface area contributed by atoms with E-state index in [1.165, 1.54) is 0 Å². The standard InChI is InChI=1S/C8H17O3/c1-8(2)7-11-6-5-10-4-3-9/h7-9H,3-6H2,1-2H3. The molecule has 1 N–H and O–H groups in total. The predicted octanol–water partition coefficient (Wildman–Crippen LogP) is 0.830. The second kappa shape index (κ2) is 7.98. The maximum atomic E-state index is 8.34. The smallest absolute Gasteiger partial charge is 0.0863 e. The van der Waals surface area contributed by atoms with E-state index in [2.05, 4.69) is 13.8 Å². The van der Waals surface area contributed by atoms with Crippen molar-refractivity contribution in [1.29, 1.82) is 0 Å². The highest BCUT2D eigenvalue weighted by Crippen LogP contribution is 1.97. The molecule has 0 aliphatic heterocycles. The number of hydrogen-bond acceptors (Lipinski definition) is 3. The molecule has 0 rings (SSSR count). The van der Waals surface area contributed by atoms with Gasteiger partial charge in [-0.05, 0) is 5.92 Å². The first kappa shape index (κ1) is 10.9. The van der Waals surface area contributed by atoms with Gasteiger partial charge < -0.3 is 14.6 Å². The van der Waals surface area contributed by atoms with Crippen molar-refractivity contribution in [3.8, 4) is 0 Å². The Balaban J connectivity index is 2.80. The Morgan fingerprint density at radius 1 is 1.27 bits per heavy atom. The Hall–Kier alpha value is -0.120. The van der Waals surface area contributed by atoms with E-state index in [1.54, 1.807) is 6.61 Å². The first-order valence-electron chi connectivity index (χ1n) is 3.91. The van der Waals surface area contributed by atoms with E-state index >= 15 is 0 Å². The van der Waals surface area contributed by atoms with Gasteiger partial charge in [-0.2, -0.15) is 0 Å². The normalized spacial score (nSPS) is 10.9. The molecule has 1 radical (unpaired) electrons. The van der Waals surface area contributed by atoms with Crippen molar-refractivity contribution in [1.82, 2.24) is 0 Å². The molecule has 67 valence electrons. The van der Waals surface area contributed by atoms with Gasteiger partial charge in [0.05, 0.1) is 33.0 Å². The van der Waals surface area contributed by atoms with Gasteiger partial charge in [-0.3, -0.25) is 0 Å². The van der Waals surface area contributed by atoms with Crippen LogP contribution in [0.3, 0.4) is 0 Å². The molecule has 0 aromatic heterocycles. The van der Waals surface area contributed by atoms with Crippen LogP contribution in [0.5, 0.6) is 0 Å². The molecule has 3 nitrogen and oxygen atoms in total. The van der Waals surface area contributed by atoms with Crippen molar-refractivity contribution in [2.75, 3.05) is 26.4 Å². The van der Waals surface area contributed by atoms with Gasteiger partial charge in [0.2, 0.25) is 0 Å². The highest BCUT2D eigenvalue weighted by atomic mass is 16.5. The third kappa shape index (κ3) is 9.88. The molecule has 0 saturated heterocycles. The molecule has 0 unspecified atom stereocenters. The van der Waals surface area contributed by atoms with E-state index in [-0.39, 0.29) is 6.61 Å². The number of rotatable bonds is 7. The summed E-state index contributed by atoms with van der Waals surface area (Å²) in [4.78, 5) is 0. The summed E-state index contributed by atoms with van der Waals surface area (Å²) in [5.41, 5.74) is 0. The lowest BCUT2D eigenvalue weighted by atomic mass is 10.2. The third-order valence-electron chi connectivity index (χ3n) is 0.950. The first-order chi connectivity index (χ1) is 5.27. The average molecular weight is 161 g/mol. The second-order valence-electron chi connectivity index (χ2n) is 2.59. The van der Waals surface area contributed by atoms with Crippen molar-refractivity contribution in [3.63, 3.8) is 0 Å². The van der Waals surface area contributed by atoms with Crippen molar-refractivity contribution in [2.45, 2.75) is 13.8 Å². The van der Waals surface area contributed by atoms with Crippen LogP contribution in [-0.4, -0.2) is 31.5 Å². The van der Waals surface area contributed by atoms with Gasteiger partial charge in [0.1, 0.15) is 0 Å². The van der Waals surface area contributed by atoms with E-state index in [0.29, 0.717) is 25.7 Å². The van der Waals surface area contributed by atoms with Gasteiger partial charge in [-0.25, -0.2) is 0 Å². The lowest BCUT2D eigenvalue weighted by molar-refractivity contribution is 0.0463. The largest absolute Gasteiger partial charge is 0.394 e. The number of hydrogen-bond donors (Lipinski definition) is 1. The molecule has 0 aliphatic carbocycles. The summed E-state index contributed by atoms with van der Waals surface area (Å²) in [7, 11) is 0. The molecule has 0 aromatic carbocycles. The Labute approximate surface area is 68.3 Å². The molecule has 0 spiro atoms. The Morgan fingerprint density at radius 2 is 2.00 bits per heavy atom. The lowest BCUT2D eigenvalue weighted by Gasteiger charge is -2.05. The van der Waals surface area contributed by atoms with E-state index in [0.717, 1.165) is 0 Å². The van der Waals surface area contributed by atoms with Gasteiger partial charge in [0, 0.05) is 0 Å². The van der Waals surface area contributed by atoms with E-state index in [4.69, 9.17) is 14.6 Å². The van der Waals surface area contributed by atoms with Crippen LogP contribution >= 0.6 is 0 Å². The number of ether oxygens (including phenoxy) is 2. The zero-order valence-electron chi connectivity index (χ0n) is 7.25. The number of aliphatic hydroxyl groups is 1. The first-order valence-corrected chi connectivity index (χ1v) is 3.91. The van der Waals surface area contributed by atoms with Crippen LogP contribution in [0.25, 0.3) is 0 Å². The monoisotopic (exact) mass is 161 g/mol. The summed E-state index contributed by atoms with van der Waals surface area (Å²) >= 11 is 0. The molecule has 0 fully saturated rings. The van der Waals surface area contributed by atoms with Crippen LogP contribution in [0.4, 0.5) is 0 Å². The molecule has 0 saturated carbocycles. The molecule has 0 amide bonds. The SMILES string of the molecule is CC(C)[CH]OCCOCCO. The lowest BCUT2D eigenvalue weighted by Crippen LogP contribution is -2.07. The molecule has 0 aromatic rings. The fourth-order valence-corrected chi connectivity index (χ4v) is 0.534. The van der Waals surface area contributed by atoms with Crippen LogP contribution in [0.2, 0.25) is 0 Å². The van der Waals surface area contributed by atoms with Crippen molar-refractivity contribution in [2.24, 2.45) is 5.92 Å². The van der Waals surface area contributed by atoms with E-state index in [9.17, 15) is 0 Å². The summed E-state index contributed by atoms with van der Waals surface area (Å²) in [5, 5.41) is 8.34. The summed E-state index contributed by atoms with van der Waals surface area (Å²) in [5.74, 6) is 0.452. The van der Waals surface area contributed by atoms with Crippen LogP contribution in [0, 0.1) is 12.5 Å². The molecule has 3 heteroatoms. The fourth-order valence-electron chi connectivity index (χ4n) is 0.534. The van der Waals surface area contributed by atoms with Crippen molar-refractivity contribution >= 4 is 0 Å². The van der Waals surface area contributed by atoms with Crippen LogP contribution in [0.15, 0.2) is 0 Å². The van der Waals surface area contributed by atoms with Gasteiger partial charge in [-0.1, -0.05) is 13.8 Å². The van der Waals surface area contributed by atoms with Gasteiger partial charge >= 0.3 is 0 Å². The maximum Gasteiger partial charge on any atom is 0.0863 e. The van der Waals surface area contributed by atoms with Crippen LogP contribution < -0.4 is 0 Å². The highest BCUT2D eigenvalue weighted by Gasteiger charge is 1.93. The summed E-state index contributed by atoms with van der Waals surface area (Å²) in [6, 6.07) is 0. The van der Waals surface area contributed by atoms with Gasteiger partial charge in [0.15, 0.2) is 0 Å². The fraction of sp³-hybridized carbons (Fsp3) is 0.875. The van der Waals surface area contributed by atoms with Crippen molar-refractivity contribution in [3.05, 3.63) is 6.61 Å². The Bertz CT molecular complexity index is 73.7. The maximum absolute atomic E-state index is 8.34. The zero-order valence-corrected chi connectivity index (χ0v) is 7.25. The highest BCUT2D eigenvalue weighted by molar-refractivity contribution is 4.54. The third-order valence-corrected chi connectivity index (χ3v) is 0.950. The molecular weight excluding hydrogens is 144 g/mol. The van der Waals surface area contributed by atoms with E-state index in [1.807, 2.05) is 0 Å². The van der Waals surface area contributed by atoms with Crippen LogP contribution in [-0.2, 0) is 9.47 Å². The average Bonchev–Trinajstić information content (AvgIpc) is 1.96. The molecular formula is C8H17O3. The zero-order chi connectivity index (χ0) is 8.53. The summed E-state index contributed by atoms with van der Waals surface area (Å²) in [6.45, 7) is 7.46. The van der Waals surface area contributed by atoms with Gasteiger partial charge in [-0.15, -0.1) is 0 Å². The van der Waals surface area contributed by atoms with Gasteiger partial charge in [0.25, 0.3) is 0 Å².